The lowest BCUT2D eigenvalue weighted by molar-refractivity contribution is 0.790. The van der Waals surface area contributed by atoms with Crippen molar-refractivity contribution < 1.29 is 0 Å². The van der Waals surface area contributed by atoms with Gasteiger partial charge in [0, 0.05) is 11.7 Å². The Kier molecular flexibility index (Phi) is 3.14. The highest BCUT2D eigenvalue weighted by molar-refractivity contribution is 9.11. The number of thioether (sulfide) groups is 1. The monoisotopic (exact) mass is 330 g/mol. The first-order valence-electron chi connectivity index (χ1n) is 5.30. The molecule has 1 fully saturated rings. The van der Waals surface area contributed by atoms with Crippen LogP contribution in [0.2, 0.25) is 0 Å². The summed E-state index contributed by atoms with van der Waals surface area (Å²) in [5.74, 6) is 8.32. The SMILES string of the molecule is Nn1c(SCc2csc(Br)c2)nnc1C1CC1. The molecule has 7 heteroatoms. The largest absolute Gasteiger partial charge is 0.336 e. The van der Waals surface area contributed by atoms with Crippen LogP contribution >= 0.6 is 39.0 Å². The molecule has 0 spiro atoms. The van der Waals surface area contributed by atoms with E-state index in [9.17, 15) is 0 Å². The zero-order valence-corrected chi connectivity index (χ0v) is 12.2. The van der Waals surface area contributed by atoms with Gasteiger partial charge in [-0.15, -0.1) is 21.5 Å². The molecule has 3 rings (SSSR count). The maximum Gasteiger partial charge on any atom is 0.210 e. The highest BCUT2D eigenvalue weighted by Crippen LogP contribution is 2.39. The highest BCUT2D eigenvalue weighted by atomic mass is 79.9. The van der Waals surface area contributed by atoms with E-state index in [1.54, 1.807) is 27.8 Å². The highest BCUT2D eigenvalue weighted by Gasteiger charge is 2.29. The van der Waals surface area contributed by atoms with Gasteiger partial charge in [0.05, 0.1) is 3.79 Å². The molecule has 2 aromatic rings. The van der Waals surface area contributed by atoms with Gasteiger partial charge >= 0.3 is 0 Å². The second-order valence-electron chi connectivity index (χ2n) is 4.03. The van der Waals surface area contributed by atoms with Crippen molar-refractivity contribution in [2.45, 2.75) is 29.7 Å². The molecule has 0 radical (unpaired) electrons. The van der Waals surface area contributed by atoms with E-state index < -0.39 is 0 Å². The Labute approximate surface area is 116 Å². The second kappa shape index (κ2) is 4.62. The topological polar surface area (TPSA) is 56.7 Å². The first-order valence-corrected chi connectivity index (χ1v) is 7.96. The first kappa shape index (κ1) is 11.6. The van der Waals surface area contributed by atoms with Gasteiger partial charge in [-0.2, -0.15) is 0 Å². The van der Waals surface area contributed by atoms with Gasteiger partial charge in [-0.3, -0.25) is 0 Å². The number of nitrogens with two attached hydrogens (primary N) is 1. The predicted octanol–water partition coefficient (Wildman–Crippen LogP) is 2.99. The molecule has 1 aliphatic rings. The summed E-state index contributed by atoms with van der Waals surface area (Å²) in [5, 5.41) is 11.2. The number of rotatable bonds is 4. The van der Waals surface area contributed by atoms with Crippen molar-refractivity contribution in [3.8, 4) is 0 Å². The van der Waals surface area contributed by atoms with Gasteiger partial charge in [-0.25, -0.2) is 4.68 Å². The van der Waals surface area contributed by atoms with Crippen molar-refractivity contribution in [1.82, 2.24) is 14.9 Å². The standard InChI is InChI=1S/C10H11BrN4S2/c11-8-3-6(4-16-8)5-17-10-14-13-9(15(10)12)7-1-2-7/h3-4,7H,1-2,5,12H2. The van der Waals surface area contributed by atoms with Crippen LogP contribution in [0.15, 0.2) is 20.4 Å². The average molecular weight is 331 g/mol. The molecular formula is C10H11BrN4S2. The normalized spacial score (nSPS) is 15.4. The van der Waals surface area contributed by atoms with Crippen LogP contribution in [0.4, 0.5) is 0 Å². The van der Waals surface area contributed by atoms with Gasteiger partial charge in [0.25, 0.3) is 0 Å². The van der Waals surface area contributed by atoms with E-state index >= 15 is 0 Å². The van der Waals surface area contributed by atoms with E-state index in [0.29, 0.717) is 5.92 Å². The van der Waals surface area contributed by atoms with Gasteiger partial charge in [-0.1, -0.05) is 11.8 Å². The van der Waals surface area contributed by atoms with Gasteiger partial charge in [-0.05, 0) is 45.8 Å². The van der Waals surface area contributed by atoms with Gasteiger partial charge in [0.1, 0.15) is 0 Å². The number of aromatic nitrogens is 3. The van der Waals surface area contributed by atoms with E-state index in [-0.39, 0.29) is 0 Å². The van der Waals surface area contributed by atoms with Crippen LogP contribution in [0.25, 0.3) is 0 Å². The van der Waals surface area contributed by atoms with Crippen molar-refractivity contribution >= 4 is 39.0 Å². The average Bonchev–Trinajstić information content (AvgIpc) is 2.97. The molecular weight excluding hydrogens is 320 g/mol. The van der Waals surface area contributed by atoms with E-state index in [2.05, 4.69) is 37.6 Å². The molecule has 0 aliphatic heterocycles. The molecule has 1 saturated carbocycles. The maximum absolute atomic E-state index is 5.98. The number of thiophene rings is 1. The molecule has 0 aromatic carbocycles. The van der Waals surface area contributed by atoms with Crippen LogP contribution in [-0.4, -0.2) is 14.9 Å². The number of halogens is 1. The quantitative estimate of drug-likeness (QED) is 0.691. The molecule has 1 aliphatic carbocycles. The van der Waals surface area contributed by atoms with Crippen molar-refractivity contribution in [2.24, 2.45) is 0 Å². The van der Waals surface area contributed by atoms with E-state index in [1.807, 2.05) is 0 Å². The summed E-state index contributed by atoms with van der Waals surface area (Å²) in [5.41, 5.74) is 1.28. The van der Waals surface area contributed by atoms with Gasteiger partial charge in [0.2, 0.25) is 5.16 Å². The summed E-state index contributed by atoms with van der Waals surface area (Å²) in [7, 11) is 0. The fourth-order valence-electron chi connectivity index (χ4n) is 1.58. The number of nitrogen functional groups attached to an aromatic ring is 1. The van der Waals surface area contributed by atoms with E-state index in [4.69, 9.17) is 5.84 Å². The summed E-state index contributed by atoms with van der Waals surface area (Å²) >= 11 is 6.78. The van der Waals surface area contributed by atoms with Gasteiger partial charge < -0.3 is 5.84 Å². The maximum atomic E-state index is 5.98. The fraction of sp³-hybridized carbons (Fsp3) is 0.400. The van der Waals surface area contributed by atoms with Crippen LogP contribution in [0.1, 0.15) is 30.1 Å². The Balaban J connectivity index is 1.68. The summed E-state index contributed by atoms with van der Waals surface area (Å²) in [6.07, 6.45) is 2.38. The summed E-state index contributed by atoms with van der Waals surface area (Å²) in [6.45, 7) is 0. The molecule has 4 nitrogen and oxygen atoms in total. The van der Waals surface area contributed by atoms with Crippen molar-refractivity contribution in [3.05, 3.63) is 26.6 Å². The molecule has 2 aromatic heterocycles. The van der Waals surface area contributed by atoms with Crippen molar-refractivity contribution in [2.75, 3.05) is 5.84 Å². The molecule has 17 heavy (non-hydrogen) atoms. The zero-order valence-electron chi connectivity index (χ0n) is 8.97. The molecule has 0 bridgehead atoms. The smallest absolute Gasteiger partial charge is 0.210 e. The number of hydrogen-bond donors (Lipinski definition) is 1. The zero-order chi connectivity index (χ0) is 11.8. The summed E-state index contributed by atoms with van der Waals surface area (Å²) in [4.78, 5) is 0. The Bertz CT molecular complexity index is 532. The minimum Gasteiger partial charge on any atom is -0.336 e. The molecule has 0 atom stereocenters. The van der Waals surface area contributed by atoms with Crippen LogP contribution in [0.5, 0.6) is 0 Å². The minimum absolute atomic E-state index is 0.539. The third-order valence-electron chi connectivity index (χ3n) is 2.62. The van der Waals surface area contributed by atoms with Crippen molar-refractivity contribution in [3.63, 3.8) is 0 Å². The molecule has 2 heterocycles. The first-order chi connectivity index (χ1) is 8.24. The molecule has 2 N–H and O–H groups in total. The predicted molar refractivity (Wildman–Crippen MR) is 73.7 cm³/mol. The molecule has 0 saturated heterocycles. The molecule has 0 amide bonds. The van der Waals surface area contributed by atoms with Crippen LogP contribution in [-0.2, 0) is 5.75 Å². The Morgan fingerprint density at radius 2 is 2.35 bits per heavy atom. The summed E-state index contributed by atoms with van der Waals surface area (Å²) in [6, 6.07) is 2.12. The Hall–Kier alpha value is -0.530. The van der Waals surface area contributed by atoms with Crippen molar-refractivity contribution in [1.29, 1.82) is 0 Å². The number of hydrogen-bond acceptors (Lipinski definition) is 5. The minimum atomic E-state index is 0.539. The third-order valence-corrected chi connectivity index (χ3v) is 5.19. The van der Waals surface area contributed by atoms with Crippen LogP contribution in [0.3, 0.4) is 0 Å². The summed E-state index contributed by atoms with van der Waals surface area (Å²) < 4.78 is 2.80. The van der Waals surface area contributed by atoms with Crippen LogP contribution in [0, 0.1) is 0 Å². The Morgan fingerprint density at radius 3 is 3.00 bits per heavy atom. The Morgan fingerprint density at radius 1 is 1.53 bits per heavy atom. The van der Waals surface area contributed by atoms with Gasteiger partial charge in [0.15, 0.2) is 5.82 Å². The van der Waals surface area contributed by atoms with Crippen LogP contribution < -0.4 is 5.84 Å². The van der Waals surface area contributed by atoms with E-state index in [0.717, 1.165) is 20.5 Å². The third kappa shape index (κ3) is 2.51. The molecule has 90 valence electrons. The lowest BCUT2D eigenvalue weighted by atomic mass is 10.4. The number of nitrogens with zero attached hydrogens (tertiary/aromatic N) is 3. The lowest BCUT2D eigenvalue weighted by Gasteiger charge is -2.01. The fourth-order valence-corrected chi connectivity index (χ4v) is 3.68. The van der Waals surface area contributed by atoms with E-state index in [1.165, 1.54) is 18.4 Å². The molecule has 0 unspecified atom stereocenters. The lowest BCUT2D eigenvalue weighted by Crippen LogP contribution is -2.13. The second-order valence-corrected chi connectivity index (χ2v) is 7.27.